The number of aromatic nitrogens is 5. The van der Waals surface area contributed by atoms with Gasteiger partial charge < -0.3 is 23.9 Å². The third kappa shape index (κ3) is 6.31. The first-order chi connectivity index (χ1) is 30.2. The molecule has 4 atom stereocenters. The predicted octanol–water partition coefficient (Wildman–Crippen LogP) is 5.10. The molecule has 2 fully saturated rings. The van der Waals surface area contributed by atoms with Crippen molar-refractivity contribution in [3.63, 3.8) is 0 Å². The number of aromatic hydroxyl groups is 1. The highest BCUT2D eigenvalue weighted by atomic mass is 35.5. The molecule has 2 aliphatic heterocycles. The highest BCUT2D eigenvalue weighted by molar-refractivity contribution is 6.36. The van der Waals surface area contributed by atoms with Gasteiger partial charge in [-0.2, -0.15) is 5.01 Å². The molecule has 0 spiro atoms. The first-order valence-electron chi connectivity index (χ1n) is 19.7. The largest absolute Gasteiger partial charge is 0.505 e. The SMILES string of the molecule is COc1ccc(C23C(=O)N(Nc4ccc(Cl)cc4Cl)C(=O)C2CC2C(=CCn4c(=O)n(CCc5nc6cc(OC)c(OC)cc6n(C)c5=O)c(=O)n42)C3c2ccc(O)c(F)c2)cc1. The Bertz CT molecular complexity index is 3120. The summed E-state index contributed by atoms with van der Waals surface area (Å²) in [5.41, 5.74) is 1.57. The summed E-state index contributed by atoms with van der Waals surface area (Å²) in [5, 5.41) is 11.6. The lowest BCUT2D eigenvalue weighted by atomic mass is 9.53. The Hall–Kier alpha value is -6.85. The van der Waals surface area contributed by atoms with Crippen molar-refractivity contribution in [1.29, 1.82) is 0 Å². The van der Waals surface area contributed by atoms with E-state index in [1.165, 1.54) is 59.5 Å². The first-order valence-corrected chi connectivity index (χ1v) is 20.5. The van der Waals surface area contributed by atoms with Crippen molar-refractivity contribution in [3.8, 4) is 23.0 Å². The zero-order valence-electron chi connectivity index (χ0n) is 34.1. The van der Waals surface area contributed by atoms with Crippen LogP contribution in [0.1, 0.15) is 35.2 Å². The maximum absolute atomic E-state index is 15.5. The van der Waals surface area contributed by atoms with E-state index in [1.807, 2.05) is 0 Å². The Morgan fingerprint density at radius 3 is 2.32 bits per heavy atom. The van der Waals surface area contributed by atoms with Gasteiger partial charge in [0, 0.05) is 43.1 Å². The standard InChI is InChI=1S/C44H38Cl2FN7O9/c1-50-34-21-37(63-4)36(62-3)20-32(34)48-31(40(50)57)14-15-51-42(59)52-16-13-26-33(54(52)43(51)60)19-27-39(56)53(49-30-11-8-24(45)18-28(30)46)41(58)44(27,23-6-9-25(61-2)10-7-23)38(26)22-5-12-35(55)29(47)17-22/h5-13,17-18,20-21,27,33,38,49,55H,14-16,19H2,1-4H3. The van der Waals surface area contributed by atoms with Crippen molar-refractivity contribution in [1.82, 2.24) is 28.5 Å². The Labute approximate surface area is 366 Å². The van der Waals surface area contributed by atoms with Crippen LogP contribution in [0.3, 0.4) is 0 Å². The molecule has 4 unspecified atom stereocenters. The number of phenolic OH excluding ortho intramolecular Hbond substituents is 1. The van der Waals surface area contributed by atoms with E-state index in [0.29, 0.717) is 44.4 Å². The van der Waals surface area contributed by atoms with Gasteiger partial charge in [0.1, 0.15) is 11.4 Å². The quantitative estimate of drug-likeness (QED) is 0.138. The molecule has 0 radical (unpaired) electrons. The molecular weight excluding hydrogens is 860 g/mol. The Kier molecular flexibility index (Phi) is 10.2. The fourth-order valence-electron chi connectivity index (χ4n) is 9.51. The van der Waals surface area contributed by atoms with Crippen molar-refractivity contribution >= 4 is 51.7 Å². The summed E-state index contributed by atoms with van der Waals surface area (Å²) in [6, 6.07) is 17.1. The van der Waals surface area contributed by atoms with Crippen LogP contribution in [0.15, 0.2) is 98.8 Å². The number of aryl methyl sites for hydroxylation is 2. The normalized spacial score (nSPS) is 20.3. The molecule has 1 saturated carbocycles. The first kappa shape index (κ1) is 41.5. The summed E-state index contributed by atoms with van der Waals surface area (Å²) in [7, 11) is 6.01. The smallest absolute Gasteiger partial charge is 0.347 e. The minimum absolute atomic E-state index is 0.0938. The number of carbonyl (C=O) groups excluding carboxylic acids is 2. The van der Waals surface area contributed by atoms with E-state index in [4.69, 9.17) is 37.4 Å². The zero-order valence-corrected chi connectivity index (χ0v) is 35.6. The molecule has 2 aromatic heterocycles. The van der Waals surface area contributed by atoms with E-state index in [-0.39, 0.29) is 47.9 Å². The number of imide groups is 1. The van der Waals surface area contributed by atoms with Gasteiger partial charge in [0.2, 0.25) is 0 Å². The van der Waals surface area contributed by atoms with Crippen LogP contribution in [-0.4, -0.2) is 66.7 Å². The van der Waals surface area contributed by atoms with Crippen molar-refractivity contribution in [3.05, 3.63) is 148 Å². The summed E-state index contributed by atoms with van der Waals surface area (Å²) in [4.78, 5) is 77.3. The number of nitrogens with one attached hydrogen (secondary N) is 1. The molecular formula is C44H38Cl2FN7O9. The number of hydrogen-bond donors (Lipinski definition) is 2. The topological polar surface area (TPSA) is 181 Å². The number of rotatable bonds is 10. The van der Waals surface area contributed by atoms with E-state index >= 15 is 9.18 Å². The van der Waals surface area contributed by atoms with Crippen LogP contribution in [-0.2, 0) is 41.6 Å². The molecule has 2 N–H and O–H groups in total. The molecule has 6 aromatic rings. The number of hydrogen-bond acceptors (Lipinski definition) is 11. The zero-order chi connectivity index (χ0) is 44.6. The number of nitrogens with zero attached hydrogens (tertiary/aromatic N) is 6. The van der Waals surface area contributed by atoms with Gasteiger partial charge in [-0.15, -0.1) is 0 Å². The molecule has 2 amide bonds. The second kappa shape index (κ2) is 15.5. The average Bonchev–Trinajstić information content (AvgIpc) is 3.65. The van der Waals surface area contributed by atoms with Crippen LogP contribution in [0.5, 0.6) is 23.0 Å². The maximum Gasteiger partial charge on any atom is 0.347 e. The minimum atomic E-state index is -1.77. The van der Waals surface area contributed by atoms with E-state index in [9.17, 15) is 24.3 Å². The lowest BCUT2D eigenvalue weighted by Gasteiger charge is -2.49. The van der Waals surface area contributed by atoms with Gasteiger partial charge in [0.25, 0.3) is 17.4 Å². The summed E-state index contributed by atoms with van der Waals surface area (Å²) in [6.45, 7) is -0.355. The lowest BCUT2D eigenvalue weighted by Crippen LogP contribution is -2.53. The number of halogens is 3. The van der Waals surface area contributed by atoms with Crippen molar-refractivity contribution in [2.75, 3.05) is 26.8 Å². The second-order valence-corrected chi connectivity index (χ2v) is 16.3. The molecule has 9 rings (SSSR count). The van der Waals surface area contributed by atoms with E-state index in [2.05, 4.69) is 10.4 Å². The van der Waals surface area contributed by atoms with Crippen LogP contribution in [0.2, 0.25) is 10.0 Å². The van der Waals surface area contributed by atoms with Crippen LogP contribution in [0.25, 0.3) is 11.0 Å². The van der Waals surface area contributed by atoms with E-state index in [0.717, 1.165) is 21.7 Å². The Morgan fingerprint density at radius 2 is 1.63 bits per heavy atom. The molecule has 19 heteroatoms. The van der Waals surface area contributed by atoms with Crippen molar-refractivity contribution in [2.45, 2.75) is 43.3 Å². The Balaban J connectivity index is 1.18. The molecule has 4 aromatic carbocycles. The third-order valence-electron chi connectivity index (χ3n) is 12.4. The molecule has 324 valence electrons. The van der Waals surface area contributed by atoms with Gasteiger partial charge in [-0.05, 0) is 65.6 Å². The summed E-state index contributed by atoms with van der Waals surface area (Å²) in [6.07, 6.45) is 1.48. The number of carbonyl (C=O) groups is 2. The number of anilines is 1. The number of ether oxygens (including phenoxy) is 3. The summed E-state index contributed by atoms with van der Waals surface area (Å²) >= 11 is 12.7. The number of benzene rings is 4. The number of allylic oxidation sites excluding steroid dienone is 2. The Morgan fingerprint density at radius 1 is 0.905 bits per heavy atom. The number of hydrazine groups is 1. The molecule has 1 saturated heterocycles. The lowest BCUT2D eigenvalue weighted by molar-refractivity contribution is -0.138. The van der Waals surface area contributed by atoms with E-state index in [1.54, 1.807) is 49.5 Å². The minimum Gasteiger partial charge on any atom is -0.505 e. The molecule has 16 nitrogen and oxygen atoms in total. The molecule has 4 heterocycles. The number of phenols is 1. The van der Waals surface area contributed by atoms with Gasteiger partial charge in [-0.3, -0.25) is 19.8 Å². The van der Waals surface area contributed by atoms with Crippen LogP contribution in [0, 0.1) is 11.7 Å². The van der Waals surface area contributed by atoms with Crippen LogP contribution < -0.4 is 36.6 Å². The third-order valence-corrected chi connectivity index (χ3v) is 13.0. The molecule has 63 heavy (non-hydrogen) atoms. The van der Waals surface area contributed by atoms with Gasteiger partial charge in [-0.1, -0.05) is 47.5 Å². The van der Waals surface area contributed by atoms with Gasteiger partial charge in [-0.25, -0.2) is 32.9 Å². The highest BCUT2D eigenvalue weighted by Crippen LogP contribution is 2.62. The van der Waals surface area contributed by atoms with E-state index < -0.39 is 63.6 Å². The van der Waals surface area contributed by atoms with Gasteiger partial charge in [0.15, 0.2) is 23.1 Å². The van der Waals surface area contributed by atoms with Gasteiger partial charge >= 0.3 is 11.4 Å². The van der Waals surface area contributed by atoms with Crippen LogP contribution in [0.4, 0.5) is 10.1 Å². The summed E-state index contributed by atoms with van der Waals surface area (Å²) < 4.78 is 36.7. The summed E-state index contributed by atoms with van der Waals surface area (Å²) in [5.74, 6) is -4.06. The average molecular weight is 899 g/mol. The maximum atomic E-state index is 15.5. The highest BCUT2D eigenvalue weighted by Gasteiger charge is 2.69. The number of methoxy groups -OCH3 is 3. The van der Waals surface area contributed by atoms with Crippen molar-refractivity contribution < 1.29 is 33.3 Å². The van der Waals surface area contributed by atoms with Crippen LogP contribution >= 0.6 is 23.2 Å². The number of fused-ring (bicyclic) bond motifs is 5. The van der Waals surface area contributed by atoms with Gasteiger partial charge in [0.05, 0.1) is 67.0 Å². The monoisotopic (exact) mass is 897 g/mol. The fourth-order valence-corrected chi connectivity index (χ4v) is 9.96. The molecule has 3 aliphatic rings. The molecule has 0 bridgehead atoms. The fraction of sp³-hybridized carbons (Fsp3) is 0.273. The predicted molar refractivity (Wildman–Crippen MR) is 229 cm³/mol. The second-order valence-electron chi connectivity index (χ2n) is 15.5. The number of amides is 2. The van der Waals surface area contributed by atoms with Crippen molar-refractivity contribution in [2.24, 2.45) is 13.0 Å². The molecule has 1 aliphatic carbocycles.